The summed E-state index contributed by atoms with van der Waals surface area (Å²) in [5, 5.41) is 4.70. The maximum Gasteiger partial charge on any atom is 0.255 e. The van der Waals surface area contributed by atoms with Gasteiger partial charge in [0.2, 0.25) is 29.5 Å². The zero-order valence-corrected chi connectivity index (χ0v) is 37.2. The van der Waals surface area contributed by atoms with Crippen molar-refractivity contribution in [3.63, 3.8) is 0 Å². The van der Waals surface area contributed by atoms with Gasteiger partial charge in [0.05, 0.1) is 12.6 Å². The Bertz CT molecular complexity index is 1380. The first-order valence-corrected chi connectivity index (χ1v) is 20.5. The van der Waals surface area contributed by atoms with Crippen molar-refractivity contribution < 1.29 is 28.8 Å². The summed E-state index contributed by atoms with van der Waals surface area (Å²) in [5.74, 6) is -0.485. The number of hydrazine groups is 1. The largest absolute Gasteiger partial charge is 0.336 e. The maximum absolute atomic E-state index is 14.6. The molecule has 13 nitrogen and oxygen atoms in total. The van der Waals surface area contributed by atoms with Crippen LogP contribution in [0.1, 0.15) is 169 Å². The average Bonchev–Trinajstić information content (AvgIpc) is 2.94. The first kappa shape index (κ1) is 46.2. The third kappa shape index (κ3) is 10.2. The van der Waals surface area contributed by atoms with Crippen LogP contribution < -0.4 is 10.7 Å². The third-order valence-corrected chi connectivity index (χ3v) is 12.3. The molecule has 3 saturated heterocycles. The molecule has 0 radical (unpaired) electrons. The van der Waals surface area contributed by atoms with Crippen LogP contribution in [0.25, 0.3) is 0 Å². The third-order valence-electron chi connectivity index (χ3n) is 12.3. The molecule has 6 amide bonds. The zero-order chi connectivity index (χ0) is 42.3. The van der Waals surface area contributed by atoms with Gasteiger partial charge in [0.1, 0.15) is 0 Å². The highest BCUT2D eigenvalue weighted by atomic mass is 16.2. The fraction of sp³-hybridized carbons (Fsp3) is 0.857. The lowest BCUT2D eigenvalue weighted by atomic mass is 9.72. The van der Waals surface area contributed by atoms with Crippen molar-refractivity contribution in [2.75, 3.05) is 13.1 Å². The summed E-state index contributed by atoms with van der Waals surface area (Å²) in [6.07, 6.45) is 4.56. The van der Waals surface area contributed by atoms with Gasteiger partial charge in [0, 0.05) is 78.9 Å². The molecule has 0 saturated carbocycles. The SMILES string of the molecule is CCC(=O)NN(C(=O)CNCCCC(=O)N(C1CC(C)(C)N(C(C)=O)C(C)(C)C1)C1CC(C)(C)N(C(C)=O)C(C)(C)C1)C1CC(C)(C)N(C(C)=O)C(C)(C)C1. The van der Waals surface area contributed by atoms with Crippen molar-refractivity contribution in [3.05, 3.63) is 0 Å². The minimum absolute atomic E-state index is 0.0192. The van der Waals surface area contributed by atoms with E-state index >= 15 is 0 Å². The number of carbonyl (C=O) groups excluding carboxylic acids is 6. The van der Waals surface area contributed by atoms with E-state index in [2.05, 4.69) is 71.0 Å². The Labute approximate surface area is 332 Å². The fourth-order valence-electron chi connectivity index (χ4n) is 11.9. The molecule has 0 unspecified atom stereocenters. The fourth-order valence-corrected chi connectivity index (χ4v) is 11.9. The van der Waals surface area contributed by atoms with Gasteiger partial charge in [-0.25, -0.2) is 5.01 Å². The summed E-state index contributed by atoms with van der Waals surface area (Å²) in [6, 6.07) is -0.532. The lowest BCUT2D eigenvalue weighted by molar-refractivity contribution is -0.163. The number of piperidine rings is 3. The summed E-state index contributed by atoms with van der Waals surface area (Å²) < 4.78 is 0. The smallest absolute Gasteiger partial charge is 0.255 e. The Morgan fingerprint density at radius 2 is 0.873 bits per heavy atom. The van der Waals surface area contributed by atoms with Crippen LogP contribution in [-0.2, 0) is 28.8 Å². The normalized spacial score (nSPS) is 23.2. The molecule has 3 aliphatic heterocycles. The van der Waals surface area contributed by atoms with Crippen molar-refractivity contribution >= 4 is 35.4 Å². The molecule has 55 heavy (non-hydrogen) atoms. The first-order valence-electron chi connectivity index (χ1n) is 20.5. The van der Waals surface area contributed by atoms with Gasteiger partial charge >= 0.3 is 0 Å². The summed E-state index contributed by atoms with van der Waals surface area (Å²) in [5.41, 5.74) is -0.132. The van der Waals surface area contributed by atoms with E-state index < -0.39 is 33.2 Å². The molecular formula is C42H75N7O6. The number of hydrogen-bond donors (Lipinski definition) is 2. The van der Waals surface area contributed by atoms with Crippen LogP contribution in [0.4, 0.5) is 0 Å². The van der Waals surface area contributed by atoms with Crippen LogP contribution in [0.2, 0.25) is 0 Å². The molecule has 0 aromatic heterocycles. The minimum atomic E-state index is -0.534. The van der Waals surface area contributed by atoms with E-state index in [0.29, 0.717) is 51.5 Å². The molecule has 0 aromatic carbocycles. The van der Waals surface area contributed by atoms with Gasteiger partial charge in [-0.05, 0) is 135 Å². The van der Waals surface area contributed by atoms with Crippen LogP contribution >= 0.6 is 0 Å². The minimum Gasteiger partial charge on any atom is -0.336 e. The van der Waals surface area contributed by atoms with Crippen molar-refractivity contribution in [3.8, 4) is 0 Å². The second kappa shape index (κ2) is 16.3. The number of hydrogen-bond acceptors (Lipinski definition) is 7. The Morgan fingerprint density at radius 3 is 1.18 bits per heavy atom. The lowest BCUT2D eigenvalue weighted by Gasteiger charge is -2.60. The Kier molecular flexibility index (Phi) is 13.7. The second-order valence-electron chi connectivity index (χ2n) is 20.4. The average molecular weight is 774 g/mol. The second-order valence-corrected chi connectivity index (χ2v) is 20.4. The van der Waals surface area contributed by atoms with Crippen LogP contribution in [0.5, 0.6) is 0 Å². The van der Waals surface area contributed by atoms with E-state index in [1.807, 2.05) is 42.4 Å². The van der Waals surface area contributed by atoms with Crippen molar-refractivity contribution in [2.24, 2.45) is 0 Å². The number of carbonyl (C=O) groups is 6. The van der Waals surface area contributed by atoms with Gasteiger partial charge in [-0.15, -0.1) is 0 Å². The predicted molar refractivity (Wildman–Crippen MR) is 215 cm³/mol. The lowest BCUT2D eigenvalue weighted by Crippen LogP contribution is -2.70. The molecule has 2 N–H and O–H groups in total. The standard InChI is InChI=1S/C42H75N7O6/c1-17-34(53)44-46(33-25-41(13,14)49(30(4)52)42(15,16)26-33)36(55)27-43-20-18-19-35(54)45(31-21-37(5,6)47(28(2)50)38(7,8)22-31)32-23-39(9,10)48(29(3)51)40(11,12)24-32/h31-33,43H,17-27H2,1-16H3,(H,44,53). The Hall–Kier alpha value is -3.22. The highest BCUT2D eigenvalue weighted by Crippen LogP contribution is 2.46. The number of amides is 6. The summed E-state index contributed by atoms with van der Waals surface area (Å²) in [7, 11) is 0. The number of nitrogens with zero attached hydrogens (tertiary/aromatic N) is 5. The van der Waals surface area contributed by atoms with E-state index in [4.69, 9.17) is 0 Å². The summed E-state index contributed by atoms with van der Waals surface area (Å²) in [4.78, 5) is 87.3. The molecule has 0 atom stereocenters. The molecule has 0 aromatic rings. The molecule has 3 fully saturated rings. The highest BCUT2D eigenvalue weighted by Gasteiger charge is 2.54. The zero-order valence-electron chi connectivity index (χ0n) is 37.2. The van der Waals surface area contributed by atoms with Crippen molar-refractivity contribution in [1.82, 2.24) is 35.4 Å². The van der Waals surface area contributed by atoms with Gasteiger partial charge in [-0.1, -0.05) is 6.92 Å². The predicted octanol–water partition coefficient (Wildman–Crippen LogP) is 5.16. The van der Waals surface area contributed by atoms with Gasteiger partial charge in [-0.2, -0.15) is 0 Å². The summed E-state index contributed by atoms with van der Waals surface area (Å²) >= 11 is 0. The van der Waals surface area contributed by atoms with E-state index in [0.717, 1.165) is 0 Å². The Balaban J connectivity index is 1.80. The molecule has 3 heterocycles. The van der Waals surface area contributed by atoms with Crippen LogP contribution in [0.15, 0.2) is 0 Å². The monoisotopic (exact) mass is 774 g/mol. The molecule has 314 valence electrons. The number of likely N-dealkylation sites (tertiary alicyclic amines) is 3. The molecule has 3 aliphatic rings. The molecule has 0 bridgehead atoms. The number of nitrogens with one attached hydrogen (secondary N) is 2. The molecule has 3 rings (SSSR count). The van der Waals surface area contributed by atoms with Gasteiger partial charge < -0.3 is 24.9 Å². The van der Waals surface area contributed by atoms with E-state index in [1.54, 1.807) is 27.7 Å². The molecule has 0 aliphatic carbocycles. The van der Waals surface area contributed by atoms with Crippen molar-refractivity contribution in [1.29, 1.82) is 0 Å². The topological polar surface area (TPSA) is 143 Å². The first-order chi connectivity index (χ1) is 24.9. The van der Waals surface area contributed by atoms with E-state index in [9.17, 15) is 28.8 Å². The maximum atomic E-state index is 14.6. The summed E-state index contributed by atoms with van der Waals surface area (Å²) in [6.45, 7) is 31.6. The van der Waals surface area contributed by atoms with Gasteiger partial charge in [0.25, 0.3) is 5.91 Å². The van der Waals surface area contributed by atoms with Crippen LogP contribution in [-0.4, -0.2) is 125 Å². The van der Waals surface area contributed by atoms with Gasteiger partial charge in [-0.3, -0.25) is 34.2 Å². The molecular weight excluding hydrogens is 699 g/mol. The molecule has 13 heteroatoms. The number of rotatable bonds is 10. The van der Waals surface area contributed by atoms with E-state index in [-0.39, 0.29) is 73.0 Å². The van der Waals surface area contributed by atoms with Crippen molar-refractivity contribution in [2.45, 2.75) is 220 Å². The Morgan fingerprint density at radius 1 is 0.545 bits per heavy atom. The quantitative estimate of drug-likeness (QED) is 0.231. The van der Waals surface area contributed by atoms with E-state index in [1.165, 1.54) is 5.01 Å². The molecule has 0 spiro atoms. The van der Waals surface area contributed by atoms with Crippen LogP contribution in [0.3, 0.4) is 0 Å². The van der Waals surface area contributed by atoms with Gasteiger partial charge in [0.15, 0.2) is 0 Å². The van der Waals surface area contributed by atoms with Crippen LogP contribution in [0, 0.1) is 0 Å². The highest BCUT2D eigenvalue weighted by molar-refractivity contribution is 5.83.